The van der Waals surface area contributed by atoms with E-state index in [4.69, 9.17) is 4.74 Å². The fourth-order valence-electron chi connectivity index (χ4n) is 1.69. The quantitative estimate of drug-likeness (QED) is 0.434. The van der Waals surface area contributed by atoms with E-state index in [0.29, 0.717) is 6.73 Å². The second kappa shape index (κ2) is 5.23. The Balaban J connectivity index is 2.23. The Morgan fingerprint density at radius 3 is 2.50 bits per heavy atom. The lowest BCUT2D eigenvalue weighted by atomic mass is 9.96. The lowest BCUT2D eigenvalue weighted by Crippen LogP contribution is -2.28. The topological polar surface area (TPSA) is 12.5 Å². The van der Waals surface area contributed by atoms with Crippen molar-refractivity contribution in [2.24, 2.45) is 5.41 Å². The third-order valence-electron chi connectivity index (χ3n) is 2.65. The molecule has 1 rings (SSSR count). The first-order valence-corrected chi connectivity index (χ1v) is 10.4. The molecule has 0 amide bonds. The van der Waals surface area contributed by atoms with Crippen LogP contribution in [-0.4, -0.2) is 32.9 Å². The van der Waals surface area contributed by atoms with Gasteiger partial charge in [0.05, 0.1) is 4.61 Å². The SMILES string of the molecule is CC1(C)C=C(Br)N(COCC[Si](C)(C)C)C1. The monoisotopic (exact) mass is 305 g/mol. The van der Waals surface area contributed by atoms with Gasteiger partial charge in [-0.1, -0.05) is 33.5 Å². The Morgan fingerprint density at radius 2 is 2.06 bits per heavy atom. The molecule has 2 nitrogen and oxygen atoms in total. The van der Waals surface area contributed by atoms with Crippen molar-refractivity contribution in [1.29, 1.82) is 0 Å². The van der Waals surface area contributed by atoms with E-state index in [9.17, 15) is 0 Å². The molecule has 1 heterocycles. The summed E-state index contributed by atoms with van der Waals surface area (Å²) in [6.07, 6.45) is 2.26. The van der Waals surface area contributed by atoms with E-state index in [1.165, 1.54) is 10.7 Å². The van der Waals surface area contributed by atoms with Gasteiger partial charge in [-0.25, -0.2) is 0 Å². The molecular weight excluding hydrogens is 282 g/mol. The molecule has 1 aliphatic rings. The van der Waals surface area contributed by atoms with Gasteiger partial charge >= 0.3 is 0 Å². The van der Waals surface area contributed by atoms with Crippen molar-refractivity contribution in [3.8, 4) is 0 Å². The van der Waals surface area contributed by atoms with E-state index in [2.05, 4.69) is 60.4 Å². The molecule has 16 heavy (non-hydrogen) atoms. The van der Waals surface area contributed by atoms with E-state index < -0.39 is 8.07 Å². The summed E-state index contributed by atoms with van der Waals surface area (Å²) < 4.78 is 6.92. The van der Waals surface area contributed by atoms with Gasteiger partial charge in [0, 0.05) is 26.6 Å². The second-order valence-corrected chi connectivity index (χ2v) is 12.9. The lowest BCUT2D eigenvalue weighted by molar-refractivity contribution is 0.0566. The molecule has 0 aromatic carbocycles. The van der Waals surface area contributed by atoms with Gasteiger partial charge in [0.2, 0.25) is 0 Å². The standard InChI is InChI=1S/C12H24BrNOSi/c1-12(2)8-11(13)14(9-12)10-15-6-7-16(3,4)5/h8H,6-7,9-10H2,1-5H3. The maximum absolute atomic E-state index is 5.75. The Hall–Kier alpha value is 0.197. The maximum atomic E-state index is 5.75. The van der Waals surface area contributed by atoms with Crippen LogP contribution in [-0.2, 0) is 4.74 Å². The zero-order valence-corrected chi connectivity index (χ0v) is 13.7. The van der Waals surface area contributed by atoms with Crippen LogP contribution >= 0.6 is 15.9 Å². The van der Waals surface area contributed by atoms with Crippen LogP contribution in [0.4, 0.5) is 0 Å². The van der Waals surface area contributed by atoms with Crippen LogP contribution in [0.25, 0.3) is 0 Å². The van der Waals surface area contributed by atoms with Crippen molar-refractivity contribution in [1.82, 2.24) is 4.90 Å². The average molecular weight is 306 g/mol. The Bertz CT molecular complexity index is 271. The van der Waals surface area contributed by atoms with Gasteiger partial charge in [-0.05, 0) is 28.1 Å². The highest BCUT2D eigenvalue weighted by molar-refractivity contribution is 9.11. The lowest BCUT2D eigenvalue weighted by Gasteiger charge is -2.24. The third kappa shape index (κ3) is 5.02. The van der Waals surface area contributed by atoms with Gasteiger partial charge in [-0.3, -0.25) is 0 Å². The molecule has 0 bridgehead atoms. The number of ether oxygens (including phenoxy) is 1. The Kier molecular flexibility index (Phi) is 4.66. The Labute approximate surface area is 109 Å². The molecule has 0 N–H and O–H groups in total. The second-order valence-electron chi connectivity index (χ2n) is 6.50. The molecular formula is C12H24BrNOSi. The van der Waals surface area contributed by atoms with Crippen LogP contribution in [0.2, 0.25) is 25.7 Å². The van der Waals surface area contributed by atoms with Crippen LogP contribution in [0.5, 0.6) is 0 Å². The Morgan fingerprint density at radius 1 is 1.44 bits per heavy atom. The highest BCUT2D eigenvalue weighted by atomic mass is 79.9. The van der Waals surface area contributed by atoms with E-state index in [-0.39, 0.29) is 5.41 Å². The van der Waals surface area contributed by atoms with Crippen LogP contribution in [0.15, 0.2) is 10.7 Å². The van der Waals surface area contributed by atoms with Gasteiger partial charge in [-0.2, -0.15) is 0 Å². The molecule has 4 heteroatoms. The molecule has 0 fully saturated rings. The minimum Gasteiger partial charge on any atom is -0.361 e. The molecule has 0 atom stereocenters. The number of nitrogens with zero attached hydrogens (tertiary/aromatic N) is 1. The molecule has 0 saturated heterocycles. The summed E-state index contributed by atoms with van der Waals surface area (Å²) in [6, 6.07) is 1.24. The number of halogens is 1. The van der Waals surface area contributed by atoms with Gasteiger partial charge < -0.3 is 9.64 Å². The van der Waals surface area contributed by atoms with Crippen molar-refractivity contribution < 1.29 is 4.74 Å². The van der Waals surface area contributed by atoms with E-state index in [1.807, 2.05) is 0 Å². The zero-order chi connectivity index (χ0) is 12.4. The normalized spacial score (nSPS) is 20.1. The molecule has 0 unspecified atom stereocenters. The molecule has 94 valence electrons. The van der Waals surface area contributed by atoms with Crippen LogP contribution in [0, 0.1) is 5.41 Å². The van der Waals surface area contributed by atoms with Crippen molar-refractivity contribution in [3.63, 3.8) is 0 Å². The van der Waals surface area contributed by atoms with Gasteiger partial charge in [-0.15, -0.1) is 0 Å². The first-order chi connectivity index (χ1) is 7.20. The van der Waals surface area contributed by atoms with Gasteiger partial charge in [0.25, 0.3) is 0 Å². The minimum atomic E-state index is -0.949. The summed E-state index contributed by atoms with van der Waals surface area (Å²) >= 11 is 3.59. The molecule has 1 aliphatic heterocycles. The number of hydrogen-bond acceptors (Lipinski definition) is 2. The van der Waals surface area contributed by atoms with Crippen molar-refractivity contribution in [3.05, 3.63) is 10.7 Å². The number of rotatable bonds is 5. The molecule has 0 saturated carbocycles. The molecule has 0 aromatic rings. The van der Waals surface area contributed by atoms with Gasteiger partial charge in [0.15, 0.2) is 0 Å². The largest absolute Gasteiger partial charge is 0.361 e. The summed E-state index contributed by atoms with van der Waals surface area (Å²) in [5.74, 6) is 0. The summed E-state index contributed by atoms with van der Waals surface area (Å²) in [7, 11) is -0.949. The van der Waals surface area contributed by atoms with E-state index in [1.54, 1.807) is 0 Å². The molecule has 0 radical (unpaired) electrons. The summed E-state index contributed by atoms with van der Waals surface area (Å²) in [5, 5.41) is 0. The van der Waals surface area contributed by atoms with Crippen molar-refractivity contribution in [2.75, 3.05) is 19.9 Å². The molecule has 0 spiro atoms. The van der Waals surface area contributed by atoms with Crippen LogP contribution < -0.4 is 0 Å². The smallest absolute Gasteiger partial charge is 0.119 e. The zero-order valence-electron chi connectivity index (χ0n) is 11.1. The summed E-state index contributed by atoms with van der Waals surface area (Å²) in [5.41, 5.74) is 0.265. The van der Waals surface area contributed by atoms with Crippen molar-refractivity contribution in [2.45, 2.75) is 39.5 Å². The molecule has 0 aliphatic carbocycles. The van der Waals surface area contributed by atoms with Crippen LogP contribution in [0.3, 0.4) is 0 Å². The first kappa shape index (κ1) is 14.3. The number of hydrogen-bond donors (Lipinski definition) is 0. The molecule has 0 aromatic heterocycles. The van der Waals surface area contributed by atoms with E-state index >= 15 is 0 Å². The highest BCUT2D eigenvalue weighted by Crippen LogP contribution is 2.33. The fraction of sp³-hybridized carbons (Fsp3) is 0.833. The first-order valence-electron chi connectivity index (χ1n) is 5.91. The summed E-state index contributed by atoms with van der Waals surface area (Å²) in [6.45, 7) is 14.3. The highest BCUT2D eigenvalue weighted by Gasteiger charge is 2.27. The predicted molar refractivity (Wildman–Crippen MR) is 76.5 cm³/mol. The average Bonchev–Trinajstić information content (AvgIpc) is 2.32. The fourth-order valence-corrected chi connectivity index (χ4v) is 3.29. The van der Waals surface area contributed by atoms with E-state index in [0.717, 1.165) is 13.2 Å². The minimum absolute atomic E-state index is 0.265. The van der Waals surface area contributed by atoms with Crippen molar-refractivity contribution >= 4 is 24.0 Å². The van der Waals surface area contributed by atoms with Gasteiger partial charge in [0.1, 0.15) is 6.73 Å². The van der Waals surface area contributed by atoms with Crippen LogP contribution in [0.1, 0.15) is 13.8 Å². The third-order valence-corrected chi connectivity index (χ3v) is 5.09. The summed E-state index contributed by atoms with van der Waals surface area (Å²) in [4.78, 5) is 2.25. The predicted octanol–water partition coefficient (Wildman–Crippen LogP) is 3.88. The maximum Gasteiger partial charge on any atom is 0.119 e.